The van der Waals surface area contributed by atoms with Gasteiger partial charge in [-0.15, -0.1) is 0 Å². The van der Waals surface area contributed by atoms with Crippen LogP contribution in [0.1, 0.15) is 66.7 Å². The third-order valence-electron chi connectivity index (χ3n) is 6.14. The number of hydrogen-bond donors (Lipinski definition) is 1. The van der Waals surface area contributed by atoms with Gasteiger partial charge in [0.2, 0.25) is 0 Å². The molecule has 2 N–H and O–H groups in total. The van der Waals surface area contributed by atoms with Gasteiger partial charge in [0.1, 0.15) is 0 Å². The summed E-state index contributed by atoms with van der Waals surface area (Å²) in [5.41, 5.74) is 6.95. The van der Waals surface area contributed by atoms with E-state index in [1.165, 1.54) is 38.6 Å². The Morgan fingerprint density at radius 1 is 1.16 bits per heavy atom. The van der Waals surface area contributed by atoms with Crippen molar-refractivity contribution in [2.75, 3.05) is 6.54 Å². The van der Waals surface area contributed by atoms with Gasteiger partial charge in [0, 0.05) is 24.7 Å². The van der Waals surface area contributed by atoms with Crippen LogP contribution in [-0.4, -0.2) is 29.6 Å². The highest BCUT2D eigenvalue weighted by molar-refractivity contribution is 4.97. The Morgan fingerprint density at radius 2 is 1.84 bits per heavy atom. The fourth-order valence-electron chi connectivity index (χ4n) is 4.34. The molecule has 2 rings (SSSR count). The predicted molar refractivity (Wildman–Crippen MR) is 83.1 cm³/mol. The van der Waals surface area contributed by atoms with Crippen molar-refractivity contribution in [2.24, 2.45) is 23.0 Å². The minimum Gasteiger partial charge on any atom is -0.326 e. The SMILES string of the molecule is CCC(C)(C)C1CCC(N)C(N2CC(C)CC2C)C1. The maximum absolute atomic E-state index is 6.47. The standard InChI is InChI=1S/C17H34N2/c1-6-17(4,5)14-7-8-15(18)16(10-14)19-11-12(2)9-13(19)3/h12-16H,6-11,18H2,1-5H3. The molecule has 1 saturated heterocycles. The molecule has 0 radical (unpaired) electrons. The van der Waals surface area contributed by atoms with Crippen molar-refractivity contribution in [1.29, 1.82) is 0 Å². The second kappa shape index (κ2) is 5.73. The molecule has 2 nitrogen and oxygen atoms in total. The normalized spacial score (nSPS) is 41.7. The van der Waals surface area contributed by atoms with Gasteiger partial charge in [0.15, 0.2) is 0 Å². The largest absolute Gasteiger partial charge is 0.326 e. The number of likely N-dealkylation sites (tertiary alicyclic amines) is 1. The van der Waals surface area contributed by atoms with Crippen molar-refractivity contribution in [3.05, 3.63) is 0 Å². The maximum atomic E-state index is 6.47. The lowest BCUT2D eigenvalue weighted by Crippen LogP contribution is -2.53. The van der Waals surface area contributed by atoms with Crippen LogP contribution in [0.5, 0.6) is 0 Å². The van der Waals surface area contributed by atoms with Crippen molar-refractivity contribution in [1.82, 2.24) is 4.90 Å². The Balaban J connectivity index is 2.07. The lowest BCUT2D eigenvalue weighted by Gasteiger charge is -2.46. The van der Waals surface area contributed by atoms with Crippen LogP contribution < -0.4 is 5.73 Å². The smallest absolute Gasteiger partial charge is 0.0252 e. The minimum atomic E-state index is 0.400. The van der Waals surface area contributed by atoms with Gasteiger partial charge >= 0.3 is 0 Å². The van der Waals surface area contributed by atoms with E-state index in [0.717, 1.165) is 17.9 Å². The van der Waals surface area contributed by atoms with Crippen molar-refractivity contribution in [3.8, 4) is 0 Å². The zero-order chi connectivity index (χ0) is 14.2. The van der Waals surface area contributed by atoms with Crippen LogP contribution in [0.25, 0.3) is 0 Å². The molecule has 1 heterocycles. The molecule has 19 heavy (non-hydrogen) atoms. The Kier molecular flexibility index (Phi) is 4.62. The highest BCUT2D eigenvalue weighted by atomic mass is 15.2. The zero-order valence-electron chi connectivity index (χ0n) is 13.7. The Hall–Kier alpha value is -0.0800. The molecule has 1 saturated carbocycles. The second-order valence-electron chi connectivity index (χ2n) is 7.97. The van der Waals surface area contributed by atoms with Gasteiger partial charge in [0.05, 0.1) is 0 Å². The van der Waals surface area contributed by atoms with E-state index in [1.807, 2.05) is 0 Å². The molecular formula is C17H34N2. The topological polar surface area (TPSA) is 29.3 Å². The fraction of sp³-hybridized carbons (Fsp3) is 1.00. The maximum Gasteiger partial charge on any atom is 0.0252 e. The summed E-state index contributed by atoms with van der Waals surface area (Å²) in [7, 11) is 0. The first-order valence-electron chi connectivity index (χ1n) is 8.36. The molecule has 0 amide bonds. The summed E-state index contributed by atoms with van der Waals surface area (Å²) < 4.78 is 0. The summed E-state index contributed by atoms with van der Waals surface area (Å²) in [6, 6.07) is 1.76. The molecule has 0 aromatic rings. The molecule has 0 bridgehead atoms. The van der Waals surface area contributed by atoms with Gasteiger partial charge in [-0.3, -0.25) is 4.90 Å². The highest BCUT2D eigenvalue weighted by Gasteiger charge is 2.41. The minimum absolute atomic E-state index is 0.400. The molecule has 1 aliphatic carbocycles. The van der Waals surface area contributed by atoms with Crippen LogP contribution >= 0.6 is 0 Å². The van der Waals surface area contributed by atoms with Crippen molar-refractivity contribution in [2.45, 2.75) is 84.8 Å². The highest BCUT2D eigenvalue weighted by Crippen LogP contribution is 2.42. The molecule has 0 aromatic heterocycles. The quantitative estimate of drug-likeness (QED) is 0.845. The first kappa shape index (κ1) is 15.3. The first-order chi connectivity index (χ1) is 8.85. The van der Waals surface area contributed by atoms with Crippen LogP contribution in [0, 0.1) is 17.3 Å². The van der Waals surface area contributed by atoms with E-state index in [-0.39, 0.29) is 0 Å². The average Bonchev–Trinajstić information content (AvgIpc) is 2.68. The summed E-state index contributed by atoms with van der Waals surface area (Å²) in [6.45, 7) is 13.3. The van der Waals surface area contributed by atoms with Gasteiger partial charge in [0.25, 0.3) is 0 Å². The third kappa shape index (κ3) is 3.16. The van der Waals surface area contributed by atoms with Gasteiger partial charge < -0.3 is 5.73 Å². The molecular weight excluding hydrogens is 232 g/mol. The molecule has 2 heteroatoms. The van der Waals surface area contributed by atoms with Gasteiger partial charge in [-0.1, -0.05) is 34.1 Å². The Labute approximate surface area is 120 Å². The number of rotatable bonds is 3. The number of nitrogens with two attached hydrogens (primary N) is 1. The van der Waals surface area contributed by atoms with E-state index < -0.39 is 0 Å². The van der Waals surface area contributed by atoms with Crippen molar-refractivity contribution >= 4 is 0 Å². The average molecular weight is 266 g/mol. The first-order valence-corrected chi connectivity index (χ1v) is 8.36. The van der Waals surface area contributed by atoms with E-state index in [2.05, 4.69) is 39.5 Å². The molecule has 0 aromatic carbocycles. The lowest BCUT2D eigenvalue weighted by atomic mass is 9.67. The van der Waals surface area contributed by atoms with Crippen LogP contribution in [0.15, 0.2) is 0 Å². The molecule has 1 aliphatic heterocycles. The van der Waals surface area contributed by atoms with Crippen molar-refractivity contribution < 1.29 is 0 Å². The van der Waals surface area contributed by atoms with Crippen LogP contribution in [0.4, 0.5) is 0 Å². The third-order valence-corrected chi connectivity index (χ3v) is 6.14. The second-order valence-corrected chi connectivity index (χ2v) is 7.97. The van der Waals surface area contributed by atoms with E-state index in [4.69, 9.17) is 5.73 Å². The molecule has 112 valence electrons. The monoisotopic (exact) mass is 266 g/mol. The van der Waals surface area contributed by atoms with Gasteiger partial charge in [-0.2, -0.15) is 0 Å². The summed E-state index contributed by atoms with van der Waals surface area (Å²) in [4.78, 5) is 2.73. The molecule has 2 aliphatic rings. The van der Waals surface area contributed by atoms with Crippen LogP contribution in [0.3, 0.4) is 0 Å². The molecule has 2 fully saturated rings. The molecule has 5 atom stereocenters. The van der Waals surface area contributed by atoms with Crippen molar-refractivity contribution in [3.63, 3.8) is 0 Å². The summed E-state index contributed by atoms with van der Waals surface area (Å²) in [5.74, 6) is 1.70. The summed E-state index contributed by atoms with van der Waals surface area (Å²) in [6.07, 6.45) is 6.50. The number of nitrogens with zero attached hydrogens (tertiary/aromatic N) is 1. The predicted octanol–water partition coefficient (Wildman–Crippen LogP) is 3.65. The van der Waals surface area contributed by atoms with Gasteiger partial charge in [-0.05, 0) is 49.9 Å². The Bertz CT molecular complexity index is 300. The zero-order valence-corrected chi connectivity index (χ0v) is 13.7. The fourth-order valence-corrected chi connectivity index (χ4v) is 4.34. The lowest BCUT2D eigenvalue weighted by molar-refractivity contribution is 0.0556. The summed E-state index contributed by atoms with van der Waals surface area (Å²) in [5, 5.41) is 0. The van der Waals surface area contributed by atoms with Gasteiger partial charge in [-0.25, -0.2) is 0 Å². The van der Waals surface area contributed by atoms with E-state index >= 15 is 0 Å². The van der Waals surface area contributed by atoms with E-state index in [0.29, 0.717) is 17.5 Å². The summed E-state index contributed by atoms with van der Waals surface area (Å²) >= 11 is 0. The molecule has 0 spiro atoms. The van der Waals surface area contributed by atoms with Crippen LogP contribution in [0.2, 0.25) is 0 Å². The molecule has 5 unspecified atom stereocenters. The Morgan fingerprint density at radius 3 is 2.37 bits per heavy atom. The van der Waals surface area contributed by atoms with Crippen LogP contribution in [-0.2, 0) is 0 Å². The van der Waals surface area contributed by atoms with E-state index in [1.54, 1.807) is 0 Å². The van der Waals surface area contributed by atoms with E-state index in [9.17, 15) is 0 Å². The number of hydrogen-bond acceptors (Lipinski definition) is 2.